The number of carbonyl (C=O) groups is 1. The molecule has 1 atom stereocenters. The van der Waals surface area contributed by atoms with E-state index in [2.05, 4.69) is 27.4 Å². The van der Waals surface area contributed by atoms with Gasteiger partial charge in [0.15, 0.2) is 5.96 Å². The van der Waals surface area contributed by atoms with Gasteiger partial charge in [-0.15, -0.1) is 0 Å². The summed E-state index contributed by atoms with van der Waals surface area (Å²) < 4.78 is 15.8. The first-order valence-corrected chi connectivity index (χ1v) is 10.2. The van der Waals surface area contributed by atoms with Gasteiger partial charge in [0.1, 0.15) is 5.75 Å². The van der Waals surface area contributed by atoms with Crippen molar-refractivity contribution in [3.8, 4) is 5.75 Å². The lowest BCUT2D eigenvalue weighted by molar-refractivity contribution is 0.0536. The smallest absolute Gasteiger partial charge is 0.251 e. The molecule has 1 saturated heterocycles. The predicted molar refractivity (Wildman–Crippen MR) is 114 cm³/mol. The van der Waals surface area contributed by atoms with E-state index in [0.717, 1.165) is 38.6 Å². The first kappa shape index (κ1) is 23.0. The van der Waals surface area contributed by atoms with Crippen LogP contribution in [0.4, 0.5) is 0 Å². The molecule has 0 spiro atoms. The number of hydrogen-bond acceptors (Lipinski definition) is 5. The molecule has 2 rings (SSSR count). The molecular formula is C21H34N4O4. The summed E-state index contributed by atoms with van der Waals surface area (Å²) in [5.74, 6) is 1.93. The Bertz CT molecular complexity index is 653. The van der Waals surface area contributed by atoms with Gasteiger partial charge in [-0.1, -0.05) is 6.07 Å². The first-order chi connectivity index (χ1) is 14.2. The third-order valence-corrected chi connectivity index (χ3v) is 4.70. The number of hydrogen-bond donors (Lipinski definition) is 2. The molecule has 1 aliphatic rings. The number of carbonyl (C=O) groups excluding carboxylic acids is 1. The van der Waals surface area contributed by atoms with Crippen LogP contribution < -0.4 is 15.4 Å². The summed E-state index contributed by atoms with van der Waals surface area (Å²) in [6.45, 7) is 7.75. The van der Waals surface area contributed by atoms with Gasteiger partial charge in [-0.25, -0.2) is 0 Å². The van der Waals surface area contributed by atoms with Crippen LogP contribution in [0.5, 0.6) is 5.75 Å². The Labute approximate surface area is 173 Å². The molecule has 0 radical (unpaired) electrons. The molecule has 1 heterocycles. The number of benzene rings is 1. The van der Waals surface area contributed by atoms with Crippen molar-refractivity contribution < 1.29 is 19.0 Å². The van der Waals surface area contributed by atoms with Crippen LogP contribution in [-0.2, 0) is 9.47 Å². The van der Waals surface area contributed by atoms with Crippen LogP contribution in [0.1, 0.15) is 23.7 Å². The molecule has 8 nitrogen and oxygen atoms in total. The predicted octanol–water partition coefficient (Wildman–Crippen LogP) is 1.38. The van der Waals surface area contributed by atoms with Gasteiger partial charge in [-0.3, -0.25) is 9.79 Å². The highest BCUT2D eigenvalue weighted by atomic mass is 16.5. The zero-order valence-corrected chi connectivity index (χ0v) is 17.8. The van der Waals surface area contributed by atoms with Gasteiger partial charge in [0, 0.05) is 44.8 Å². The Morgan fingerprint density at radius 3 is 2.90 bits per heavy atom. The molecule has 1 amide bonds. The lowest BCUT2D eigenvalue weighted by Gasteiger charge is -2.21. The van der Waals surface area contributed by atoms with Crippen LogP contribution in [-0.4, -0.2) is 83.5 Å². The molecule has 8 heteroatoms. The van der Waals surface area contributed by atoms with Crippen LogP contribution in [0, 0.1) is 5.92 Å². The summed E-state index contributed by atoms with van der Waals surface area (Å²) in [5.41, 5.74) is 0.580. The molecule has 1 unspecified atom stereocenters. The van der Waals surface area contributed by atoms with Crippen LogP contribution in [0.25, 0.3) is 0 Å². The third-order valence-electron chi connectivity index (χ3n) is 4.70. The van der Waals surface area contributed by atoms with Gasteiger partial charge in [0.2, 0.25) is 0 Å². The molecule has 162 valence electrons. The standard InChI is InChI=1S/C21H34N4O4/c1-4-22-21(25-11-8-17(15-25)16-29-13-12-27-2)24-10-9-23-20(26)18-6-5-7-19(14-18)28-3/h5-7,14,17H,4,8-13,15-16H2,1-3H3,(H,22,24)(H,23,26). The lowest BCUT2D eigenvalue weighted by Crippen LogP contribution is -2.41. The number of aliphatic imine (C=N–C) groups is 1. The molecule has 0 aliphatic carbocycles. The van der Waals surface area contributed by atoms with E-state index in [4.69, 9.17) is 14.2 Å². The molecule has 1 fully saturated rings. The number of amides is 1. The number of likely N-dealkylation sites (tertiary alicyclic amines) is 1. The minimum Gasteiger partial charge on any atom is -0.497 e. The van der Waals surface area contributed by atoms with E-state index >= 15 is 0 Å². The summed E-state index contributed by atoms with van der Waals surface area (Å²) in [5, 5.41) is 6.25. The molecule has 1 aliphatic heterocycles. The fraction of sp³-hybridized carbons (Fsp3) is 0.619. The Kier molecular flexibility index (Phi) is 10.3. The zero-order valence-electron chi connectivity index (χ0n) is 17.8. The molecule has 1 aromatic rings. The highest BCUT2D eigenvalue weighted by Gasteiger charge is 2.24. The fourth-order valence-corrected chi connectivity index (χ4v) is 3.18. The number of ether oxygens (including phenoxy) is 3. The van der Waals surface area contributed by atoms with Crippen molar-refractivity contribution >= 4 is 11.9 Å². The largest absolute Gasteiger partial charge is 0.497 e. The maximum absolute atomic E-state index is 12.3. The number of nitrogens with one attached hydrogen (secondary N) is 2. The number of guanidine groups is 1. The first-order valence-electron chi connectivity index (χ1n) is 10.2. The van der Waals surface area contributed by atoms with Crippen molar-refractivity contribution in [3.05, 3.63) is 29.8 Å². The average Bonchev–Trinajstić information content (AvgIpc) is 3.22. The second-order valence-corrected chi connectivity index (χ2v) is 6.89. The second kappa shape index (κ2) is 13.0. The maximum Gasteiger partial charge on any atom is 0.251 e. The van der Waals surface area contributed by atoms with E-state index in [0.29, 0.717) is 43.5 Å². The van der Waals surface area contributed by atoms with Crippen molar-refractivity contribution in [2.75, 3.05) is 66.8 Å². The minimum atomic E-state index is -0.126. The van der Waals surface area contributed by atoms with Crippen molar-refractivity contribution in [1.82, 2.24) is 15.5 Å². The Hall–Kier alpha value is -2.32. The van der Waals surface area contributed by atoms with E-state index in [1.807, 2.05) is 6.07 Å². The summed E-state index contributed by atoms with van der Waals surface area (Å²) >= 11 is 0. The molecule has 0 saturated carbocycles. The molecule has 2 N–H and O–H groups in total. The lowest BCUT2D eigenvalue weighted by atomic mass is 10.1. The van der Waals surface area contributed by atoms with Gasteiger partial charge >= 0.3 is 0 Å². The van der Waals surface area contributed by atoms with E-state index in [1.54, 1.807) is 32.4 Å². The average molecular weight is 407 g/mol. The number of methoxy groups -OCH3 is 2. The van der Waals surface area contributed by atoms with E-state index in [-0.39, 0.29) is 5.91 Å². The highest BCUT2D eigenvalue weighted by molar-refractivity contribution is 5.94. The van der Waals surface area contributed by atoms with E-state index < -0.39 is 0 Å². The Balaban J connectivity index is 1.77. The Morgan fingerprint density at radius 2 is 2.14 bits per heavy atom. The summed E-state index contributed by atoms with van der Waals surface area (Å²) in [7, 11) is 3.27. The van der Waals surface area contributed by atoms with E-state index in [1.165, 1.54) is 0 Å². The fourth-order valence-electron chi connectivity index (χ4n) is 3.18. The summed E-state index contributed by atoms with van der Waals surface area (Å²) in [6.07, 6.45) is 1.09. The monoisotopic (exact) mass is 406 g/mol. The molecule has 29 heavy (non-hydrogen) atoms. The maximum atomic E-state index is 12.3. The topological polar surface area (TPSA) is 84.4 Å². The SMILES string of the molecule is CCNC(=NCCNC(=O)c1cccc(OC)c1)N1CCC(COCCOC)C1. The Morgan fingerprint density at radius 1 is 1.28 bits per heavy atom. The van der Waals surface area contributed by atoms with Crippen molar-refractivity contribution in [2.45, 2.75) is 13.3 Å². The number of rotatable bonds is 11. The molecule has 1 aromatic carbocycles. The van der Waals surface area contributed by atoms with Crippen LogP contribution in [0.15, 0.2) is 29.3 Å². The van der Waals surface area contributed by atoms with Crippen LogP contribution in [0.3, 0.4) is 0 Å². The zero-order chi connectivity index (χ0) is 20.9. The van der Waals surface area contributed by atoms with Crippen LogP contribution in [0.2, 0.25) is 0 Å². The normalized spacial score (nSPS) is 16.7. The number of nitrogens with zero attached hydrogens (tertiary/aromatic N) is 2. The summed E-state index contributed by atoms with van der Waals surface area (Å²) in [4.78, 5) is 19.2. The van der Waals surface area contributed by atoms with Gasteiger partial charge in [0.25, 0.3) is 5.91 Å². The quantitative estimate of drug-likeness (QED) is 0.328. The van der Waals surface area contributed by atoms with Crippen molar-refractivity contribution in [3.63, 3.8) is 0 Å². The third kappa shape index (κ3) is 7.91. The molecule has 0 aromatic heterocycles. The molecule has 0 bridgehead atoms. The van der Waals surface area contributed by atoms with Gasteiger partial charge < -0.3 is 29.7 Å². The van der Waals surface area contributed by atoms with E-state index in [9.17, 15) is 4.79 Å². The van der Waals surface area contributed by atoms with Gasteiger partial charge in [-0.2, -0.15) is 0 Å². The van der Waals surface area contributed by atoms with Gasteiger partial charge in [-0.05, 0) is 31.5 Å². The minimum absolute atomic E-state index is 0.126. The highest BCUT2D eigenvalue weighted by Crippen LogP contribution is 2.16. The van der Waals surface area contributed by atoms with Crippen LogP contribution >= 0.6 is 0 Å². The second-order valence-electron chi connectivity index (χ2n) is 6.89. The summed E-state index contributed by atoms with van der Waals surface area (Å²) in [6, 6.07) is 7.11. The van der Waals surface area contributed by atoms with Gasteiger partial charge in [0.05, 0.1) is 33.5 Å². The van der Waals surface area contributed by atoms with Crippen molar-refractivity contribution in [2.24, 2.45) is 10.9 Å². The molecular weight excluding hydrogens is 372 g/mol. The van der Waals surface area contributed by atoms with Crippen molar-refractivity contribution in [1.29, 1.82) is 0 Å².